The number of benzene rings is 1. The fourth-order valence-electron chi connectivity index (χ4n) is 1.92. The van der Waals surface area contributed by atoms with Gasteiger partial charge < -0.3 is 10.5 Å². The van der Waals surface area contributed by atoms with Gasteiger partial charge in [0.15, 0.2) is 0 Å². The molecule has 1 atom stereocenters. The number of rotatable bonds is 8. The van der Waals surface area contributed by atoms with Gasteiger partial charge in [0.1, 0.15) is 0 Å². The summed E-state index contributed by atoms with van der Waals surface area (Å²) in [5.41, 5.74) is 7.81. The van der Waals surface area contributed by atoms with Crippen molar-refractivity contribution >= 4 is 5.69 Å². The van der Waals surface area contributed by atoms with Crippen LogP contribution in [0.1, 0.15) is 38.7 Å². The second-order valence-electron chi connectivity index (χ2n) is 4.81. The van der Waals surface area contributed by atoms with Gasteiger partial charge >= 0.3 is 0 Å². The summed E-state index contributed by atoms with van der Waals surface area (Å²) < 4.78 is 5.67. The summed E-state index contributed by atoms with van der Waals surface area (Å²) >= 11 is 0. The van der Waals surface area contributed by atoms with Gasteiger partial charge in [-0.15, -0.1) is 0 Å². The third kappa shape index (κ3) is 6.32. The molecule has 0 saturated heterocycles. The van der Waals surface area contributed by atoms with Crippen LogP contribution in [0.4, 0.5) is 5.69 Å². The van der Waals surface area contributed by atoms with Gasteiger partial charge in [0.05, 0.1) is 0 Å². The fraction of sp³-hybridized carbons (Fsp3) is 0.600. The van der Waals surface area contributed by atoms with Gasteiger partial charge in [0.25, 0.3) is 0 Å². The normalized spacial score (nSPS) is 12.6. The summed E-state index contributed by atoms with van der Waals surface area (Å²) in [5.74, 6) is 0.691. The molecule has 1 rings (SSSR count). The van der Waals surface area contributed by atoms with Crippen LogP contribution in [0.25, 0.3) is 0 Å². The Hall–Kier alpha value is -1.02. The first-order valence-corrected chi connectivity index (χ1v) is 6.64. The van der Waals surface area contributed by atoms with Gasteiger partial charge in [-0.1, -0.05) is 32.4 Å². The smallest absolute Gasteiger partial charge is 0.0491 e. The predicted molar refractivity (Wildman–Crippen MR) is 74.1 cm³/mol. The number of nitrogens with two attached hydrogens (primary N) is 1. The van der Waals surface area contributed by atoms with Crippen molar-refractivity contribution in [3.05, 3.63) is 29.8 Å². The Kier molecular flexibility index (Phi) is 6.71. The third-order valence-electron chi connectivity index (χ3n) is 2.92. The minimum absolute atomic E-state index is 0.691. The van der Waals surface area contributed by atoms with E-state index in [2.05, 4.69) is 26.0 Å². The summed E-state index contributed by atoms with van der Waals surface area (Å²) in [6, 6.07) is 8.10. The van der Waals surface area contributed by atoms with Crippen LogP contribution in [0.2, 0.25) is 0 Å². The Balaban J connectivity index is 2.06. The molecule has 1 aromatic rings. The average Bonchev–Trinajstić information content (AvgIpc) is 2.31. The number of anilines is 1. The van der Waals surface area contributed by atoms with Crippen LogP contribution in [0.5, 0.6) is 0 Å². The second-order valence-corrected chi connectivity index (χ2v) is 4.81. The van der Waals surface area contributed by atoms with Crippen molar-refractivity contribution in [2.24, 2.45) is 5.92 Å². The maximum absolute atomic E-state index is 5.67. The molecular formula is C15H25NO. The van der Waals surface area contributed by atoms with Gasteiger partial charge in [-0.3, -0.25) is 0 Å². The molecule has 0 aromatic heterocycles. The highest BCUT2D eigenvalue weighted by Gasteiger charge is 2.00. The quantitative estimate of drug-likeness (QED) is 0.551. The highest BCUT2D eigenvalue weighted by atomic mass is 16.5. The Morgan fingerprint density at radius 2 is 1.94 bits per heavy atom. The van der Waals surface area contributed by atoms with E-state index < -0.39 is 0 Å². The predicted octanol–water partition coefficient (Wildman–Crippen LogP) is 3.65. The van der Waals surface area contributed by atoms with E-state index in [0.29, 0.717) is 5.92 Å². The molecule has 2 nitrogen and oxygen atoms in total. The van der Waals surface area contributed by atoms with E-state index in [0.717, 1.165) is 31.7 Å². The first kappa shape index (κ1) is 14.0. The molecule has 1 unspecified atom stereocenters. The van der Waals surface area contributed by atoms with Crippen molar-refractivity contribution in [3.8, 4) is 0 Å². The van der Waals surface area contributed by atoms with E-state index in [1.807, 2.05) is 12.1 Å². The monoisotopic (exact) mass is 235 g/mol. The van der Waals surface area contributed by atoms with Crippen LogP contribution in [-0.2, 0) is 11.2 Å². The Labute approximate surface area is 105 Å². The molecule has 0 heterocycles. The lowest BCUT2D eigenvalue weighted by molar-refractivity contribution is 0.0999. The summed E-state index contributed by atoms with van der Waals surface area (Å²) in [7, 11) is 0. The molecule has 0 saturated carbocycles. The number of aryl methyl sites for hydroxylation is 1. The molecule has 0 aliphatic heterocycles. The zero-order valence-corrected chi connectivity index (χ0v) is 11.1. The third-order valence-corrected chi connectivity index (χ3v) is 2.92. The number of hydrogen-bond acceptors (Lipinski definition) is 2. The molecule has 0 fully saturated rings. The van der Waals surface area contributed by atoms with E-state index >= 15 is 0 Å². The standard InChI is InChI=1S/C15H25NO/c1-3-5-13(2)12-17-11-4-6-14-7-9-15(16)10-8-14/h7-10,13H,3-6,11-12,16H2,1-2H3. The molecule has 2 N–H and O–H groups in total. The summed E-state index contributed by atoms with van der Waals surface area (Å²) in [6.07, 6.45) is 4.67. The minimum atomic E-state index is 0.691. The lowest BCUT2D eigenvalue weighted by atomic mass is 10.1. The first-order valence-electron chi connectivity index (χ1n) is 6.64. The molecule has 1 aromatic carbocycles. The maximum Gasteiger partial charge on any atom is 0.0491 e. The van der Waals surface area contributed by atoms with Crippen molar-refractivity contribution in [1.82, 2.24) is 0 Å². The van der Waals surface area contributed by atoms with E-state index in [9.17, 15) is 0 Å². The Morgan fingerprint density at radius 1 is 1.24 bits per heavy atom. The molecule has 0 bridgehead atoms. The van der Waals surface area contributed by atoms with Crippen LogP contribution in [0.3, 0.4) is 0 Å². The van der Waals surface area contributed by atoms with Gasteiger partial charge in [-0.2, -0.15) is 0 Å². The fourth-order valence-corrected chi connectivity index (χ4v) is 1.92. The molecule has 96 valence electrons. The van der Waals surface area contributed by atoms with Gasteiger partial charge in [-0.25, -0.2) is 0 Å². The zero-order valence-electron chi connectivity index (χ0n) is 11.1. The second kappa shape index (κ2) is 8.13. The first-order chi connectivity index (χ1) is 8.22. The van der Waals surface area contributed by atoms with Crippen LogP contribution >= 0.6 is 0 Å². The summed E-state index contributed by atoms with van der Waals surface area (Å²) in [4.78, 5) is 0. The Morgan fingerprint density at radius 3 is 2.59 bits per heavy atom. The molecule has 2 heteroatoms. The lowest BCUT2D eigenvalue weighted by Gasteiger charge is -2.10. The van der Waals surface area contributed by atoms with Gasteiger partial charge in [-0.05, 0) is 42.9 Å². The van der Waals surface area contributed by atoms with Crippen molar-refractivity contribution in [2.45, 2.75) is 39.5 Å². The molecule has 0 radical (unpaired) electrons. The number of ether oxygens (including phenoxy) is 1. The van der Waals surface area contributed by atoms with Crippen LogP contribution in [0.15, 0.2) is 24.3 Å². The molecule has 0 spiro atoms. The van der Waals surface area contributed by atoms with E-state index in [1.54, 1.807) is 0 Å². The highest BCUT2D eigenvalue weighted by molar-refractivity contribution is 5.39. The average molecular weight is 235 g/mol. The van der Waals surface area contributed by atoms with Crippen LogP contribution in [0, 0.1) is 5.92 Å². The van der Waals surface area contributed by atoms with E-state index in [1.165, 1.54) is 18.4 Å². The Bertz CT molecular complexity index is 294. The highest BCUT2D eigenvalue weighted by Crippen LogP contribution is 2.09. The van der Waals surface area contributed by atoms with Crippen molar-refractivity contribution in [1.29, 1.82) is 0 Å². The lowest BCUT2D eigenvalue weighted by Crippen LogP contribution is -2.07. The zero-order chi connectivity index (χ0) is 12.5. The van der Waals surface area contributed by atoms with Crippen molar-refractivity contribution in [3.63, 3.8) is 0 Å². The number of nitrogen functional groups attached to an aromatic ring is 1. The van der Waals surface area contributed by atoms with Crippen molar-refractivity contribution in [2.75, 3.05) is 18.9 Å². The SMILES string of the molecule is CCCC(C)COCCCc1ccc(N)cc1. The van der Waals surface area contributed by atoms with E-state index in [4.69, 9.17) is 10.5 Å². The molecular weight excluding hydrogens is 210 g/mol. The molecule has 0 amide bonds. The topological polar surface area (TPSA) is 35.2 Å². The molecule has 0 aliphatic carbocycles. The maximum atomic E-state index is 5.67. The molecule has 17 heavy (non-hydrogen) atoms. The largest absolute Gasteiger partial charge is 0.399 e. The number of hydrogen-bond donors (Lipinski definition) is 1. The molecule has 0 aliphatic rings. The van der Waals surface area contributed by atoms with Crippen molar-refractivity contribution < 1.29 is 4.74 Å². The van der Waals surface area contributed by atoms with Gasteiger partial charge in [0, 0.05) is 18.9 Å². The summed E-state index contributed by atoms with van der Waals surface area (Å²) in [6.45, 7) is 6.23. The van der Waals surface area contributed by atoms with E-state index in [-0.39, 0.29) is 0 Å². The van der Waals surface area contributed by atoms with Crippen LogP contribution in [-0.4, -0.2) is 13.2 Å². The van der Waals surface area contributed by atoms with Gasteiger partial charge in [0.2, 0.25) is 0 Å². The minimum Gasteiger partial charge on any atom is -0.399 e. The van der Waals surface area contributed by atoms with Crippen LogP contribution < -0.4 is 5.73 Å². The summed E-state index contributed by atoms with van der Waals surface area (Å²) in [5, 5.41) is 0.